The van der Waals surface area contributed by atoms with Crippen molar-refractivity contribution < 1.29 is 15.3 Å². The molecule has 0 radical (unpaired) electrons. The zero-order chi connectivity index (χ0) is 8.43. The molecular weight excluding hydrogens is 184 g/mol. The molecule has 4 atom stereocenters. The van der Waals surface area contributed by atoms with Crippen molar-refractivity contribution in [3.05, 3.63) is 0 Å². The lowest BCUT2D eigenvalue weighted by atomic mass is 10.1. The van der Waals surface area contributed by atoms with Crippen LogP contribution in [0, 0.1) is 0 Å². The third kappa shape index (κ3) is 2.07. The van der Waals surface area contributed by atoms with Crippen LogP contribution >= 0.6 is 12.4 Å². The quantitative estimate of drug-likeness (QED) is 0.336. The number of aliphatic hydroxyl groups excluding tert-OH is 3. The highest BCUT2D eigenvalue weighted by molar-refractivity contribution is 5.85. The van der Waals surface area contributed by atoms with Gasteiger partial charge in [-0.2, -0.15) is 0 Å². The maximum Gasteiger partial charge on any atom is 0.0989 e. The highest BCUT2D eigenvalue weighted by Crippen LogP contribution is 2.12. The van der Waals surface area contributed by atoms with Crippen LogP contribution in [0.3, 0.4) is 0 Å². The molecule has 0 unspecified atom stereocenters. The molecule has 0 aromatic heterocycles. The molecule has 1 aliphatic rings. The van der Waals surface area contributed by atoms with Crippen LogP contribution in [-0.2, 0) is 0 Å². The molecule has 74 valence electrons. The second kappa shape index (κ2) is 4.96. The lowest BCUT2D eigenvalue weighted by Gasteiger charge is -2.12. The van der Waals surface area contributed by atoms with E-state index in [4.69, 9.17) is 10.8 Å². The van der Waals surface area contributed by atoms with Crippen LogP contribution in [0.15, 0.2) is 0 Å². The molecule has 1 aliphatic heterocycles. The van der Waals surface area contributed by atoms with Crippen molar-refractivity contribution in [3.8, 4) is 0 Å². The predicted molar refractivity (Wildman–Crippen MR) is 46.1 cm³/mol. The van der Waals surface area contributed by atoms with Gasteiger partial charge in [0.25, 0.3) is 0 Å². The van der Waals surface area contributed by atoms with Crippen molar-refractivity contribution in [1.29, 1.82) is 0 Å². The molecule has 0 saturated carbocycles. The molecule has 6 N–H and O–H groups in total. The molecule has 1 fully saturated rings. The van der Waals surface area contributed by atoms with E-state index in [1.807, 2.05) is 0 Å². The van der Waals surface area contributed by atoms with Gasteiger partial charge in [0.2, 0.25) is 0 Å². The minimum absolute atomic E-state index is 0. The monoisotopic (exact) mass is 198 g/mol. The Morgan fingerprint density at radius 2 is 1.67 bits per heavy atom. The highest BCUT2D eigenvalue weighted by Gasteiger charge is 2.39. The van der Waals surface area contributed by atoms with Crippen molar-refractivity contribution >= 4 is 12.4 Å². The summed E-state index contributed by atoms with van der Waals surface area (Å²) in [6.07, 6.45) is -1.77. The van der Waals surface area contributed by atoms with E-state index in [-0.39, 0.29) is 31.6 Å². The summed E-state index contributed by atoms with van der Waals surface area (Å²) in [5.41, 5.74) is 5.29. The SMILES string of the molecule is Cl.NC[C@@H]1N[C@@H](CO)[C@@H](O)[C@@H]1O. The van der Waals surface area contributed by atoms with E-state index in [1.54, 1.807) is 0 Å². The molecule has 1 rings (SSSR count). The van der Waals surface area contributed by atoms with Gasteiger partial charge in [-0.15, -0.1) is 12.4 Å². The summed E-state index contributed by atoms with van der Waals surface area (Å²) in [4.78, 5) is 0. The molecule has 0 spiro atoms. The molecule has 0 aliphatic carbocycles. The molecular formula is C6H15ClN2O3. The second-order valence-electron chi connectivity index (χ2n) is 2.78. The largest absolute Gasteiger partial charge is 0.395 e. The van der Waals surface area contributed by atoms with E-state index in [9.17, 15) is 10.2 Å². The van der Waals surface area contributed by atoms with Crippen LogP contribution < -0.4 is 11.1 Å². The van der Waals surface area contributed by atoms with Crippen LogP contribution in [0.4, 0.5) is 0 Å². The summed E-state index contributed by atoms with van der Waals surface area (Å²) in [6, 6.07) is -0.749. The summed E-state index contributed by atoms with van der Waals surface area (Å²) in [5.74, 6) is 0. The van der Waals surface area contributed by atoms with Crippen LogP contribution in [0.1, 0.15) is 0 Å². The number of rotatable bonds is 2. The normalized spacial score (nSPS) is 41.0. The van der Waals surface area contributed by atoms with Crippen LogP contribution in [-0.4, -0.2) is 52.8 Å². The Morgan fingerprint density at radius 3 is 1.92 bits per heavy atom. The highest BCUT2D eigenvalue weighted by atomic mass is 35.5. The Morgan fingerprint density at radius 1 is 1.17 bits per heavy atom. The maximum atomic E-state index is 9.26. The number of nitrogens with two attached hydrogens (primary N) is 1. The first-order valence-corrected chi connectivity index (χ1v) is 3.63. The van der Waals surface area contributed by atoms with Crippen LogP contribution in [0.5, 0.6) is 0 Å². The van der Waals surface area contributed by atoms with E-state index >= 15 is 0 Å². The molecule has 12 heavy (non-hydrogen) atoms. The first-order valence-electron chi connectivity index (χ1n) is 3.63. The number of aliphatic hydroxyl groups is 3. The van der Waals surface area contributed by atoms with Gasteiger partial charge in [0, 0.05) is 12.6 Å². The van der Waals surface area contributed by atoms with E-state index in [1.165, 1.54) is 0 Å². The number of hydrogen-bond acceptors (Lipinski definition) is 5. The fourth-order valence-electron chi connectivity index (χ4n) is 1.32. The number of nitrogens with one attached hydrogen (secondary N) is 1. The molecule has 1 saturated heterocycles. The average molecular weight is 199 g/mol. The van der Waals surface area contributed by atoms with E-state index in [2.05, 4.69) is 5.32 Å². The lowest BCUT2D eigenvalue weighted by molar-refractivity contribution is 0.0205. The lowest BCUT2D eigenvalue weighted by Crippen LogP contribution is -2.40. The maximum absolute atomic E-state index is 9.26. The summed E-state index contributed by atoms with van der Waals surface area (Å²) >= 11 is 0. The molecule has 0 aromatic rings. The van der Waals surface area contributed by atoms with Gasteiger partial charge < -0.3 is 26.4 Å². The number of halogens is 1. The van der Waals surface area contributed by atoms with E-state index in [0.29, 0.717) is 0 Å². The van der Waals surface area contributed by atoms with Crippen molar-refractivity contribution in [3.63, 3.8) is 0 Å². The van der Waals surface area contributed by atoms with Gasteiger partial charge in [0.1, 0.15) is 0 Å². The summed E-state index contributed by atoms with van der Waals surface area (Å²) in [7, 11) is 0. The third-order valence-corrected chi connectivity index (χ3v) is 2.05. The first-order chi connectivity index (χ1) is 5.20. The molecule has 5 nitrogen and oxygen atoms in total. The zero-order valence-electron chi connectivity index (χ0n) is 6.55. The third-order valence-electron chi connectivity index (χ3n) is 2.05. The molecule has 6 heteroatoms. The fourth-order valence-corrected chi connectivity index (χ4v) is 1.32. The standard InChI is InChI=1S/C6H14N2O3.ClH/c7-1-3-5(10)6(11)4(2-9)8-3;/h3-6,8-11H,1-2,7H2;1H/t3-,4-,5+,6+;/m0./s1. The molecule has 0 aromatic carbocycles. The van der Waals surface area contributed by atoms with Gasteiger partial charge in [-0.25, -0.2) is 0 Å². The van der Waals surface area contributed by atoms with E-state index < -0.39 is 18.2 Å². The number of hydrogen-bond donors (Lipinski definition) is 5. The summed E-state index contributed by atoms with van der Waals surface area (Å²) in [6.45, 7) is 0.0729. The smallest absolute Gasteiger partial charge is 0.0989 e. The Hall–Kier alpha value is 0.0900. The second-order valence-corrected chi connectivity index (χ2v) is 2.78. The van der Waals surface area contributed by atoms with Gasteiger partial charge >= 0.3 is 0 Å². The first kappa shape index (κ1) is 12.1. The Kier molecular flexibility index (Phi) is 5.00. The summed E-state index contributed by atoms with van der Waals surface area (Å²) < 4.78 is 0. The molecule has 0 amide bonds. The van der Waals surface area contributed by atoms with Crippen molar-refractivity contribution in [2.45, 2.75) is 24.3 Å². The summed E-state index contributed by atoms with van der Waals surface area (Å²) in [5, 5.41) is 30.0. The van der Waals surface area contributed by atoms with Crippen molar-refractivity contribution in [2.75, 3.05) is 13.2 Å². The van der Waals surface area contributed by atoms with Gasteiger partial charge in [-0.3, -0.25) is 0 Å². The zero-order valence-corrected chi connectivity index (χ0v) is 7.37. The minimum atomic E-state index is -0.909. The Bertz CT molecular complexity index is 120. The molecule has 0 bridgehead atoms. The minimum Gasteiger partial charge on any atom is -0.395 e. The fraction of sp³-hybridized carbons (Fsp3) is 1.00. The van der Waals surface area contributed by atoms with Gasteiger partial charge in [0.05, 0.1) is 24.9 Å². The van der Waals surface area contributed by atoms with Crippen LogP contribution in [0.2, 0.25) is 0 Å². The van der Waals surface area contributed by atoms with Gasteiger partial charge in [-0.05, 0) is 0 Å². The van der Waals surface area contributed by atoms with Crippen molar-refractivity contribution in [2.24, 2.45) is 5.73 Å². The predicted octanol–water partition coefficient (Wildman–Crippen LogP) is -2.58. The molecule has 1 heterocycles. The topological polar surface area (TPSA) is 98.7 Å². The van der Waals surface area contributed by atoms with Gasteiger partial charge in [0.15, 0.2) is 0 Å². The Balaban J connectivity index is 0.00000121. The average Bonchev–Trinajstić information content (AvgIpc) is 2.30. The Labute approximate surface area is 77.0 Å². The van der Waals surface area contributed by atoms with Crippen molar-refractivity contribution in [1.82, 2.24) is 5.32 Å². The van der Waals surface area contributed by atoms with Gasteiger partial charge in [-0.1, -0.05) is 0 Å². The van der Waals surface area contributed by atoms with Crippen LogP contribution in [0.25, 0.3) is 0 Å². The van der Waals surface area contributed by atoms with E-state index in [0.717, 1.165) is 0 Å².